The van der Waals surface area contributed by atoms with Crippen molar-refractivity contribution < 1.29 is 13.2 Å². The molecule has 5 heteroatoms. The molecule has 2 rings (SSSR count). The third-order valence-corrected chi connectivity index (χ3v) is 4.27. The molecular weight excluding hydrogens is 229 g/mol. The third-order valence-electron chi connectivity index (χ3n) is 4.27. The largest absolute Gasteiger partial charge is 0.406 e. The lowest BCUT2D eigenvalue weighted by Gasteiger charge is -2.40. The Morgan fingerprint density at radius 3 is 2.35 bits per heavy atom. The maximum atomic E-state index is 12.8. The van der Waals surface area contributed by atoms with Gasteiger partial charge in [-0.05, 0) is 37.6 Å². The van der Waals surface area contributed by atoms with E-state index in [9.17, 15) is 13.2 Å². The van der Waals surface area contributed by atoms with Gasteiger partial charge in [0, 0.05) is 12.6 Å². The molecule has 2 nitrogen and oxygen atoms in total. The highest BCUT2D eigenvalue weighted by Gasteiger charge is 2.63. The second-order valence-electron chi connectivity index (χ2n) is 6.06. The molecule has 1 unspecified atom stereocenters. The van der Waals surface area contributed by atoms with E-state index >= 15 is 0 Å². The second kappa shape index (κ2) is 4.12. The highest BCUT2D eigenvalue weighted by atomic mass is 19.4. The van der Waals surface area contributed by atoms with Crippen LogP contribution in [0.15, 0.2) is 0 Å². The molecule has 1 saturated heterocycles. The number of alkyl halides is 3. The first-order valence-corrected chi connectivity index (χ1v) is 6.32. The number of hydrogen-bond donors (Lipinski definition) is 2. The van der Waals surface area contributed by atoms with E-state index < -0.39 is 11.7 Å². The number of rotatable bonds is 3. The Balaban J connectivity index is 1.90. The van der Waals surface area contributed by atoms with Gasteiger partial charge in [-0.1, -0.05) is 13.8 Å². The van der Waals surface area contributed by atoms with Gasteiger partial charge in [0.05, 0.1) is 0 Å². The highest BCUT2D eigenvalue weighted by molar-refractivity contribution is 5.09. The summed E-state index contributed by atoms with van der Waals surface area (Å²) in [5.41, 5.74) is -1.50. The fourth-order valence-corrected chi connectivity index (χ4v) is 2.60. The van der Waals surface area contributed by atoms with Gasteiger partial charge in [-0.2, -0.15) is 13.2 Å². The first-order chi connectivity index (χ1) is 7.77. The summed E-state index contributed by atoms with van der Waals surface area (Å²) < 4.78 is 38.3. The van der Waals surface area contributed by atoms with Crippen molar-refractivity contribution in [3.8, 4) is 0 Å². The summed E-state index contributed by atoms with van der Waals surface area (Å²) in [6.45, 7) is 5.57. The predicted molar refractivity (Wildman–Crippen MR) is 60.8 cm³/mol. The van der Waals surface area contributed by atoms with Gasteiger partial charge < -0.3 is 10.6 Å². The van der Waals surface area contributed by atoms with Crippen molar-refractivity contribution in [2.75, 3.05) is 13.1 Å². The molecule has 0 radical (unpaired) electrons. The summed E-state index contributed by atoms with van der Waals surface area (Å²) >= 11 is 0. The second-order valence-corrected chi connectivity index (χ2v) is 6.06. The number of hydrogen-bond acceptors (Lipinski definition) is 2. The van der Waals surface area contributed by atoms with E-state index in [2.05, 4.69) is 24.5 Å². The van der Waals surface area contributed by atoms with Gasteiger partial charge in [0.25, 0.3) is 0 Å². The van der Waals surface area contributed by atoms with Crippen molar-refractivity contribution in [1.82, 2.24) is 10.6 Å². The van der Waals surface area contributed by atoms with E-state index in [1.165, 1.54) is 0 Å². The van der Waals surface area contributed by atoms with Crippen LogP contribution in [-0.4, -0.2) is 30.8 Å². The minimum absolute atomic E-state index is 0.0763. The standard InChI is InChI=1S/C12H21F3N2/c1-10(2)4-3-7-16-9(10)8-17-11(5-6-11)12(13,14)15/h9,16-17H,3-8H2,1-2H3. The minimum Gasteiger partial charge on any atom is -0.312 e. The van der Waals surface area contributed by atoms with E-state index in [-0.39, 0.29) is 24.3 Å². The molecule has 0 spiro atoms. The molecule has 17 heavy (non-hydrogen) atoms. The molecule has 2 aliphatic rings. The summed E-state index contributed by atoms with van der Waals surface area (Å²) in [7, 11) is 0. The van der Waals surface area contributed by atoms with Crippen molar-refractivity contribution >= 4 is 0 Å². The zero-order valence-electron chi connectivity index (χ0n) is 10.5. The van der Waals surface area contributed by atoms with Crippen molar-refractivity contribution in [2.45, 2.75) is 57.3 Å². The average Bonchev–Trinajstić information content (AvgIpc) is 2.95. The van der Waals surface area contributed by atoms with Gasteiger partial charge in [-0.3, -0.25) is 0 Å². The van der Waals surface area contributed by atoms with Crippen molar-refractivity contribution in [2.24, 2.45) is 5.41 Å². The van der Waals surface area contributed by atoms with Crippen molar-refractivity contribution in [1.29, 1.82) is 0 Å². The van der Waals surface area contributed by atoms with Crippen LogP contribution < -0.4 is 10.6 Å². The van der Waals surface area contributed by atoms with E-state index in [4.69, 9.17) is 0 Å². The van der Waals surface area contributed by atoms with E-state index in [0.717, 1.165) is 19.4 Å². The molecule has 2 fully saturated rings. The van der Waals surface area contributed by atoms with Gasteiger partial charge in [0.1, 0.15) is 5.54 Å². The molecule has 1 heterocycles. The lowest BCUT2D eigenvalue weighted by molar-refractivity contribution is -0.166. The van der Waals surface area contributed by atoms with Crippen LogP contribution in [-0.2, 0) is 0 Å². The van der Waals surface area contributed by atoms with Crippen LogP contribution in [0.1, 0.15) is 39.5 Å². The Bertz CT molecular complexity index is 282. The van der Waals surface area contributed by atoms with Gasteiger partial charge >= 0.3 is 6.18 Å². The summed E-state index contributed by atoms with van der Waals surface area (Å²) in [6.07, 6.45) is -1.47. The van der Waals surface area contributed by atoms with E-state index in [0.29, 0.717) is 6.54 Å². The van der Waals surface area contributed by atoms with Gasteiger partial charge in [0.15, 0.2) is 0 Å². The summed E-state index contributed by atoms with van der Waals surface area (Å²) in [5, 5.41) is 6.08. The monoisotopic (exact) mass is 250 g/mol. The Labute approximate surface area is 100 Å². The molecular formula is C12H21F3N2. The Hall–Kier alpha value is -0.290. The van der Waals surface area contributed by atoms with Gasteiger partial charge in [-0.25, -0.2) is 0 Å². The highest BCUT2D eigenvalue weighted by Crippen LogP contribution is 2.49. The van der Waals surface area contributed by atoms with Crippen LogP contribution in [0.3, 0.4) is 0 Å². The maximum Gasteiger partial charge on any atom is 0.406 e. The summed E-state index contributed by atoms with van der Waals surface area (Å²) in [5.74, 6) is 0. The van der Waals surface area contributed by atoms with Crippen LogP contribution in [0.25, 0.3) is 0 Å². The molecule has 1 aliphatic heterocycles. The normalized spacial score (nSPS) is 31.2. The Morgan fingerprint density at radius 1 is 1.24 bits per heavy atom. The fourth-order valence-electron chi connectivity index (χ4n) is 2.60. The lowest BCUT2D eigenvalue weighted by atomic mass is 9.77. The number of nitrogens with one attached hydrogen (secondary N) is 2. The first-order valence-electron chi connectivity index (χ1n) is 6.32. The van der Waals surface area contributed by atoms with Crippen LogP contribution in [0, 0.1) is 5.41 Å². The van der Waals surface area contributed by atoms with Crippen LogP contribution in [0.4, 0.5) is 13.2 Å². The minimum atomic E-state index is -4.11. The molecule has 0 aromatic rings. The van der Waals surface area contributed by atoms with Crippen LogP contribution in [0.2, 0.25) is 0 Å². The molecule has 0 amide bonds. The molecule has 0 aromatic carbocycles. The third kappa shape index (κ3) is 2.60. The lowest BCUT2D eigenvalue weighted by Crippen LogP contribution is -2.56. The molecule has 1 saturated carbocycles. The number of piperidine rings is 1. The summed E-state index contributed by atoms with van der Waals surface area (Å²) in [4.78, 5) is 0. The Kier molecular flexibility index (Phi) is 3.19. The molecule has 100 valence electrons. The average molecular weight is 250 g/mol. The zero-order chi connectivity index (χ0) is 12.7. The zero-order valence-corrected chi connectivity index (χ0v) is 10.5. The summed E-state index contributed by atoms with van der Waals surface area (Å²) in [6, 6.07) is 0.135. The van der Waals surface area contributed by atoms with Crippen molar-refractivity contribution in [3.63, 3.8) is 0 Å². The predicted octanol–water partition coefficient (Wildman–Crippen LogP) is 2.45. The SMILES string of the molecule is CC1(C)CCCNC1CNC1(C(F)(F)F)CC1. The molecule has 1 atom stereocenters. The molecule has 0 aromatic heterocycles. The van der Waals surface area contributed by atoms with E-state index in [1.807, 2.05) is 0 Å². The molecule has 1 aliphatic carbocycles. The van der Waals surface area contributed by atoms with Crippen LogP contribution >= 0.6 is 0 Å². The van der Waals surface area contributed by atoms with Gasteiger partial charge in [-0.15, -0.1) is 0 Å². The quantitative estimate of drug-likeness (QED) is 0.804. The molecule has 0 bridgehead atoms. The van der Waals surface area contributed by atoms with Crippen molar-refractivity contribution in [3.05, 3.63) is 0 Å². The van der Waals surface area contributed by atoms with Gasteiger partial charge in [0.2, 0.25) is 0 Å². The maximum absolute atomic E-state index is 12.8. The molecule has 2 N–H and O–H groups in total. The van der Waals surface area contributed by atoms with E-state index in [1.54, 1.807) is 0 Å². The smallest absolute Gasteiger partial charge is 0.312 e. The number of halogens is 3. The topological polar surface area (TPSA) is 24.1 Å². The fraction of sp³-hybridized carbons (Fsp3) is 1.00. The van der Waals surface area contributed by atoms with Crippen LogP contribution in [0.5, 0.6) is 0 Å². The Morgan fingerprint density at radius 2 is 1.88 bits per heavy atom. The first kappa shape index (κ1) is 13.1.